The fourth-order valence-electron chi connectivity index (χ4n) is 1.18. The van der Waals surface area contributed by atoms with E-state index in [1.54, 1.807) is 0 Å². The Balaban J connectivity index is 0.00000225. The SMILES string of the molecule is C=CC(=O)OCC[NH2+]Cc1ccccc1.[Cl-]. The minimum absolute atomic E-state index is 0. The van der Waals surface area contributed by atoms with Crippen LogP contribution in [0.15, 0.2) is 43.0 Å². The lowest BCUT2D eigenvalue weighted by molar-refractivity contribution is -0.671. The first-order chi connectivity index (χ1) is 7.33. The van der Waals surface area contributed by atoms with Gasteiger partial charge in [-0.1, -0.05) is 36.9 Å². The van der Waals surface area contributed by atoms with Crippen molar-refractivity contribution in [1.29, 1.82) is 0 Å². The van der Waals surface area contributed by atoms with Gasteiger partial charge in [-0.25, -0.2) is 4.79 Å². The van der Waals surface area contributed by atoms with Crippen molar-refractivity contribution in [2.45, 2.75) is 6.54 Å². The average Bonchev–Trinajstić information content (AvgIpc) is 2.29. The largest absolute Gasteiger partial charge is 1.00 e. The molecule has 0 saturated heterocycles. The van der Waals surface area contributed by atoms with Gasteiger partial charge < -0.3 is 22.5 Å². The summed E-state index contributed by atoms with van der Waals surface area (Å²) in [7, 11) is 0. The molecular weight excluding hydrogens is 226 g/mol. The van der Waals surface area contributed by atoms with Crippen LogP contribution in [0.2, 0.25) is 0 Å². The van der Waals surface area contributed by atoms with Gasteiger partial charge in [-0.15, -0.1) is 0 Å². The Kier molecular flexibility index (Phi) is 8.21. The monoisotopic (exact) mass is 241 g/mol. The molecule has 0 aliphatic rings. The van der Waals surface area contributed by atoms with E-state index >= 15 is 0 Å². The smallest absolute Gasteiger partial charge is 0.330 e. The quantitative estimate of drug-likeness (QED) is 0.340. The number of ether oxygens (including phenoxy) is 1. The van der Waals surface area contributed by atoms with Crippen LogP contribution in [0.3, 0.4) is 0 Å². The standard InChI is InChI=1S/C12H15NO2.ClH/c1-2-12(14)15-9-8-13-10-11-6-4-3-5-7-11;/h2-7,13H,1,8-10H2;1H. The van der Waals surface area contributed by atoms with Crippen LogP contribution in [0.25, 0.3) is 0 Å². The third-order valence-electron chi connectivity index (χ3n) is 1.96. The minimum atomic E-state index is -0.358. The second-order valence-electron chi connectivity index (χ2n) is 3.14. The lowest BCUT2D eigenvalue weighted by atomic mass is 10.2. The van der Waals surface area contributed by atoms with Crippen molar-refractivity contribution in [2.75, 3.05) is 13.2 Å². The summed E-state index contributed by atoms with van der Waals surface area (Å²) < 4.78 is 4.84. The molecule has 1 aromatic rings. The highest BCUT2D eigenvalue weighted by Crippen LogP contribution is 1.94. The lowest BCUT2D eigenvalue weighted by Crippen LogP contribution is -3.00. The molecule has 4 heteroatoms. The van der Waals surface area contributed by atoms with Crippen LogP contribution >= 0.6 is 0 Å². The van der Waals surface area contributed by atoms with E-state index in [0.717, 1.165) is 13.1 Å². The summed E-state index contributed by atoms with van der Waals surface area (Å²) >= 11 is 0. The maximum atomic E-state index is 10.7. The normalized spacial score (nSPS) is 9.00. The van der Waals surface area contributed by atoms with Gasteiger partial charge in [0.05, 0.1) is 0 Å². The van der Waals surface area contributed by atoms with Gasteiger partial charge in [0.2, 0.25) is 0 Å². The number of halogens is 1. The van der Waals surface area contributed by atoms with Crippen LogP contribution < -0.4 is 17.7 Å². The number of hydrogen-bond acceptors (Lipinski definition) is 2. The fraction of sp³-hybridized carbons (Fsp3) is 0.250. The Morgan fingerprint density at radius 2 is 2.06 bits per heavy atom. The maximum absolute atomic E-state index is 10.7. The predicted octanol–water partition coefficient (Wildman–Crippen LogP) is -2.52. The van der Waals surface area contributed by atoms with E-state index in [2.05, 4.69) is 24.0 Å². The van der Waals surface area contributed by atoms with Crippen LogP contribution in [0.1, 0.15) is 5.56 Å². The zero-order chi connectivity index (χ0) is 10.9. The van der Waals surface area contributed by atoms with Crippen molar-refractivity contribution in [3.8, 4) is 0 Å². The van der Waals surface area contributed by atoms with E-state index in [1.807, 2.05) is 18.2 Å². The Morgan fingerprint density at radius 3 is 2.69 bits per heavy atom. The number of hydrogen-bond donors (Lipinski definition) is 1. The molecule has 0 aromatic heterocycles. The van der Waals surface area contributed by atoms with Crippen LogP contribution in [-0.4, -0.2) is 19.1 Å². The van der Waals surface area contributed by atoms with Crippen molar-refractivity contribution in [3.05, 3.63) is 48.6 Å². The summed E-state index contributed by atoms with van der Waals surface area (Å²) in [6, 6.07) is 10.2. The third kappa shape index (κ3) is 6.22. The third-order valence-corrected chi connectivity index (χ3v) is 1.96. The number of carbonyl (C=O) groups is 1. The van der Waals surface area contributed by atoms with Gasteiger partial charge >= 0.3 is 5.97 Å². The van der Waals surface area contributed by atoms with E-state index in [-0.39, 0.29) is 18.4 Å². The molecule has 0 atom stereocenters. The van der Waals surface area contributed by atoms with Gasteiger partial charge in [-0.2, -0.15) is 0 Å². The van der Waals surface area contributed by atoms with Gasteiger partial charge in [-0.3, -0.25) is 0 Å². The van der Waals surface area contributed by atoms with Crippen molar-refractivity contribution in [1.82, 2.24) is 0 Å². The van der Waals surface area contributed by atoms with E-state index in [1.165, 1.54) is 11.6 Å². The van der Waals surface area contributed by atoms with Crippen molar-refractivity contribution < 1.29 is 27.3 Å². The molecule has 3 nitrogen and oxygen atoms in total. The summed E-state index contributed by atoms with van der Waals surface area (Å²) in [5, 5.41) is 2.10. The zero-order valence-corrected chi connectivity index (χ0v) is 9.82. The van der Waals surface area contributed by atoms with E-state index in [0.29, 0.717) is 6.61 Å². The molecule has 0 radical (unpaired) electrons. The first-order valence-electron chi connectivity index (χ1n) is 4.97. The maximum Gasteiger partial charge on any atom is 0.330 e. The predicted molar refractivity (Wildman–Crippen MR) is 58.1 cm³/mol. The summed E-state index contributed by atoms with van der Waals surface area (Å²) in [6.45, 7) is 5.43. The van der Waals surface area contributed by atoms with E-state index in [9.17, 15) is 4.79 Å². The van der Waals surface area contributed by atoms with Crippen LogP contribution in [0.5, 0.6) is 0 Å². The van der Waals surface area contributed by atoms with Crippen LogP contribution in [-0.2, 0) is 16.1 Å². The first kappa shape index (κ1) is 14.7. The minimum Gasteiger partial charge on any atom is -1.00 e. The number of carbonyl (C=O) groups excluding carboxylic acids is 1. The second-order valence-corrected chi connectivity index (χ2v) is 3.14. The molecular formula is C12H16ClNO2. The molecule has 0 aliphatic heterocycles. The highest BCUT2D eigenvalue weighted by Gasteiger charge is 1.97. The number of rotatable bonds is 6. The lowest BCUT2D eigenvalue weighted by Gasteiger charge is -2.02. The molecule has 0 unspecified atom stereocenters. The molecule has 0 spiro atoms. The van der Waals surface area contributed by atoms with Crippen molar-refractivity contribution in [3.63, 3.8) is 0 Å². The molecule has 0 aliphatic carbocycles. The van der Waals surface area contributed by atoms with E-state index in [4.69, 9.17) is 4.74 Å². The second kappa shape index (κ2) is 8.95. The van der Waals surface area contributed by atoms with Crippen LogP contribution in [0.4, 0.5) is 0 Å². The molecule has 0 amide bonds. The number of nitrogens with two attached hydrogens (primary N) is 1. The Bertz CT molecular complexity index is 314. The van der Waals surface area contributed by atoms with Gasteiger partial charge in [0.15, 0.2) is 0 Å². The summed E-state index contributed by atoms with van der Waals surface area (Å²) in [5.41, 5.74) is 1.27. The molecule has 1 aromatic carbocycles. The Labute approximate surface area is 102 Å². The summed E-state index contributed by atoms with van der Waals surface area (Å²) in [4.78, 5) is 10.7. The van der Waals surface area contributed by atoms with Crippen LogP contribution in [0, 0.1) is 0 Å². The first-order valence-corrected chi connectivity index (χ1v) is 4.97. The molecule has 0 bridgehead atoms. The van der Waals surface area contributed by atoms with Gasteiger partial charge in [-0.05, 0) is 0 Å². The molecule has 0 fully saturated rings. The number of benzene rings is 1. The number of quaternary nitrogens is 1. The fourth-order valence-corrected chi connectivity index (χ4v) is 1.18. The summed E-state index contributed by atoms with van der Waals surface area (Å²) in [5.74, 6) is -0.358. The Morgan fingerprint density at radius 1 is 1.38 bits per heavy atom. The molecule has 0 saturated carbocycles. The van der Waals surface area contributed by atoms with Crippen molar-refractivity contribution >= 4 is 5.97 Å². The van der Waals surface area contributed by atoms with Crippen molar-refractivity contribution in [2.24, 2.45) is 0 Å². The molecule has 2 N–H and O–H groups in total. The summed E-state index contributed by atoms with van der Waals surface area (Å²) in [6.07, 6.45) is 1.18. The average molecular weight is 242 g/mol. The molecule has 88 valence electrons. The highest BCUT2D eigenvalue weighted by molar-refractivity contribution is 5.81. The topological polar surface area (TPSA) is 42.9 Å². The highest BCUT2D eigenvalue weighted by atomic mass is 35.5. The zero-order valence-electron chi connectivity index (χ0n) is 9.06. The molecule has 1 rings (SSSR count). The van der Waals surface area contributed by atoms with Gasteiger partial charge in [0.25, 0.3) is 0 Å². The molecule has 16 heavy (non-hydrogen) atoms. The van der Waals surface area contributed by atoms with Gasteiger partial charge in [0, 0.05) is 11.6 Å². The van der Waals surface area contributed by atoms with Gasteiger partial charge in [0.1, 0.15) is 19.7 Å². The Hall–Kier alpha value is -1.32. The number of esters is 1. The molecule has 0 heterocycles. The van der Waals surface area contributed by atoms with E-state index < -0.39 is 0 Å².